The molecule has 2 heterocycles. The lowest BCUT2D eigenvalue weighted by Gasteiger charge is -2.35. The molecule has 0 unspecified atom stereocenters. The van der Waals surface area contributed by atoms with E-state index in [9.17, 15) is 9.18 Å². The smallest absolute Gasteiger partial charge is 0.227 e. The molecule has 1 saturated heterocycles. The van der Waals surface area contributed by atoms with Gasteiger partial charge >= 0.3 is 0 Å². The highest BCUT2D eigenvalue weighted by molar-refractivity contribution is 5.78. The molecule has 0 atom stereocenters. The summed E-state index contributed by atoms with van der Waals surface area (Å²) in [5.74, 6) is 0.193. The summed E-state index contributed by atoms with van der Waals surface area (Å²) in [5, 5.41) is 0. The van der Waals surface area contributed by atoms with Gasteiger partial charge in [0.2, 0.25) is 5.91 Å². The number of piperidine rings is 1. The van der Waals surface area contributed by atoms with Crippen molar-refractivity contribution < 1.29 is 9.18 Å². The van der Waals surface area contributed by atoms with Crippen LogP contribution in [0, 0.1) is 18.7 Å². The first kappa shape index (κ1) is 23.1. The van der Waals surface area contributed by atoms with Crippen LogP contribution in [0.4, 0.5) is 4.39 Å². The molecule has 2 aromatic carbocycles. The molecule has 0 spiro atoms. The van der Waals surface area contributed by atoms with E-state index in [1.54, 1.807) is 12.3 Å². The van der Waals surface area contributed by atoms with Crippen molar-refractivity contribution in [1.82, 2.24) is 14.8 Å². The number of hydrogen-bond donors (Lipinski definition) is 0. The normalized spacial score (nSPS) is 14.8. The van der Waals surface area contributed by atoms with E-state index in [2.05, 4.69) is 41.1 Å². The van der Waals surface area contributed by atoms with Crippen molar-refractivity contribution in [3.8, 4) is 0 Å². The minimum atomic E-state index is -0.305. The molecule has 4 rings (SSSR count). The number of halogens is 1. The lowest BCUT2D eigenvalue weighted by molar-refractivity contribution is -0.132. The fourth-order valence-electron chi connectivity index (χ4n) is 4.57. The lowest BCUT2D eigenvalue weighted by Crippen LogP contribution is -2.41. The van der Waals surface area contributed by atoms with Gasteiger partial charge in [0.25, 0.3) is 0 Å². The number of carbonyl (C=O) groups is 1. The maximum atomic E-state index is 13.6. The van der Waals surface area contributed by atoms with Crippen LogP contribution in [0.2, 0.25) is 0 Å². The molecule has 1 amide bonds. The number of hydrogen-bond acceptors (Lipinski definition) is 3. The van der Waals surface area contributed by atoms with Crippen molar-refractivity contribution in [2.24, 2.45) is 5.92 Å². The highest BCUT2D eigenvalue weighted by Crippen LogP contribution is 2.22. The summed E-state index contributed by atoms with van der Waals surface area (Å²) in [6, 6.07) is 18.8. The summed E-state index contributed by atoms with van der Waals surface area (Å²) >= 11 is 0. The van der Waals surface area contributed by atoms with E-state index in [0.717, 1.165) is 44.6 Å². The number of amides is 1. The molecule has 0 bridgehead atoms. The van der Waals surface area contributed by atoms with Crippen molar-refractivity contribution in [2.45, 2.75) is 39.3 Å². The molecule has 0 radical (unpaired) electrons. The number of rotatable bonds is 8. The maximum Gasteiger partial charge on any atom is 0.227 e. The third-order valence-electron chi connectivity index (χ3n) is 6.53. The number of benzene rings is 2. The summed E-state index contributed by atoms with van der Waals surface area (Å²) < 4.78 is 13.6. The van der Waals surface area contributed by atoms with Crippen LogP contribution in [0.3, 0.4) is 0 Å². The zero-order chi connectivity index (χ0) is 23.0. The second kappa shape index (κ2) is 11.2. The van der Waals surface area contributed by atoms with E-state index < -0.39 is 0 Å². The average molecular weight is 446 g/mol. The Kier molecular flexibility index (Phi) is 7.84. The number of aromatic nitrogens is 1. The molecule has 0 N–H and O–H groups in total. The lowest BCUT2D eigenvalue weighted by atomic mass is 9.95. The number of nitrogens with zero attached hydrogens (tertiary/aromatic N) is 3. The van der Waals surface area contributed by atoms with E-state index in [-0.39, 0.29) is 18.1 Å². The summed E-state index contributed by atoms with van der Waals surface area (Å²) in [7, 11) is 0. The predicted octanol–water partition coefficient (Wildman–Crippen LogP) is 5.01. The molecule has 172 valence electrons. The minimum absolute atomic E-state index is 0.0341. The van der Waals surface area contributed by atoms with Crippen molar-refractivity contribution in [1.29, 1.82) is 0 Å². The molecule has 5 heteroatoms. The number of likely N-dealkylation sites (tertiary alicyclic amines) is 1. The Morgan fingerprint density at radius 2 is 1.85 bits per heavy atom. The molecule has 1 aliphatic heterocycles. The molecule has 0 aliphatic carbocycles. The van der Waals surface area contributed by atoms with Gasteiger partial charge in [-0.1, -0.05) is 42.5 Å². The number of carbonyl (C=O) groups excluding carboxylic acids is 1. The van der Waals surface area contributed by atoms with Gasteiger partial charge < -0.3 is 4.90 Å². The van der Waals surface area contributed by atoms with Crippen molar-refractivity contribution in [3.05, 3.63) is 101 Å². The van der Waals surface area contributed by atoms with E-state index in [1.807, 2.05) is 29.3 Å². The van der Waals surface area contributed by atoms with Crippen LogP contribution in [0.25, 0.3) is 0 Å². The van der Waals surface area contributed by atoms with Crippen LogP contribution >= 0.6 is 0 Å². The molecule has 3 aromatic rings. The van der Waals surface area contributed by atoms with Gasteiger partial charge in [0.05, 0.1) is 6.42 Å². The van der Waals surface area contributed by atoms with E-state index in [4.69, 9.17) is 0 Å². The van der Waals surface area contributed by atoms with Gasteiger partial charge in [-0.3, -0.25) is 14.7 Å². The highest BCUT2D eigenvalue weighted by atomic mass is 19.1. The van der Waals surface area contributed by atoms with Gasteiger partial charge in [0.15, 0.2) is 0 Å². The molecule has 33 heavy (non-hydrogen) atoms. The largest absolute Gasteiger partial charge is 0.338 e. The van der Waals surface area contributed by atoms with Crippen LogP contribution in [0.15, 0.2) is 73.1 Å². The van der Waals surface area contributed by atoms with Crippen molar-refractivity contribution >= 4 is 5.91 Å². The first-order valence-electron chi connectivity index (χ1n) is 11.7. The number of aryl methyl sites for hydroxylation is 1. The fourth-order valence-corrected chi connectivity index (χ4v) is 4.57. The van der Waals surface area contributed by atoms with E-state index in [0.29, 0.717) is 18.0 Å². The van der Waals surface area contributed by atoms with Crippen molar-refractivity contribution in [2.75, 3.05) is 19.6 Å². The molecule has 1 aromatic heterocycles. The Balaban J connectivity index is 1.37. The molecule has 0 saturated carbocycles. The van der Waals surface area contributed by atoms with Crippen LogP contribution in [0.5, 0.6) is 0 Å². The Morgan fingerprint density at radius 1 is 1.06 bits per heavy atom. The van der Waals surface area contributed by atoms with Gasteiger partial charge in [-0.2, -0.15) is 0 Å². The molecular formula is C28H32FN3O. The molecule has 1 fully saturated rings. The first-order chi connectivity index (χ1) is 16.1. The second-order valence-corrected chi connectivity index (χ2v) is 9.09. The third-order valence-corrected chi connectivity index (χ3v) is 6.53. The van der Waals surface area contributed by atoms with Gasteiger partial charge in [0, 0.05) is 32.0 Å². The van der Waals surface area contributed by atoms with Crippen LogP contribution < -0.4 is 0 Å². The third kappa shape index (κ3) is 6.72. The molecule has 4 nitrogen and oxygen atoms in total. The zero-order valence-electron chi connectivity index (χ0n) is 19.3. The Morgan fingerprint density at radius 3 is 2.58 bits per heavy atom. The molecule has 1 aliphatic rings. The topological polar surface area (TPSA) is 36.4 Å². The standard InChI is InChI=1S/C28H32FN3O/c1-22-6-2-3-9-26(22)21-31-14-11-23(12-15-31)19-32(20-25-8-5-13-30-18-25)28(33)17-24-7-4-10-27(29)16-24/h2-10,13,16,18,23H,11-12,14-15,17,19-21H2,1H3. The van der Waals surface area contributed by atoms with Crippen LogP contribution in [0.1, 0.15) is 35.1 Å². The predicted molar refractivity (Wildman–Crippen MR) is 129 cm³/mol. The number of pyridine rings is 1. The highest BCUT2D eigenvalue weighted by Gasteiger charge is 2.24. The Labute approximate surface area is 196 Å². The van der Waals surface area contributed by atoms with Crippen molar-refractivity contribution in [3.63, 3.8) is 0 Å². The summed E-state index contributed by atoms with van der Waals surface area (Å²) in [6.07, 6.45) is 5.91. The summed E-state index contributed by atoms with van der Waals surface area (Å²) in [5.41, 5.74) is 4.45. The van der Waals surface area contributed by atoms with Gasteiger partial charge in [-0.25, -0.2) is 4.39 Å². The quantitative estimate of drug-likeness (QED) is 0.489. The van der Waals surface area contributed by atoms with Crippen LogP contribution in [-0.4, -0.2) is 40.3 Å². The van der Waals surface area contributed by atoms with E-state index in [1.165, 1.54) is 23.3 Å². The maximum absolute atomic E-state index is 13.6. The van der Waals surface area contributed by atoms with Crippen LogP contribution in [-0.2, 0) is 24.3 Å². The first-order valence-corrected chi connectivity index (χ1v) is 11.7. The summed E-state index contributed by atoms with van der Waals surface area (Å²) in [6.45, 7) is 6.49. The van der Waals surface area contributed by atoms with E-state index >= 15 is 0 Å². The van der Waals surface area contributed by atoms with Gasteiger partial charge in [-0.15, -0.1) is 0 Å². The Hall–Kier alpha value is -3.05. The minimum Gasteiger partial charge on any atom is -0.338 e. The summed E-state index contributed by atoms with van der Waals surface area (Å²) in [4.78, 5) is 21.9. The molecular weight excluding hydrogens is 413 g/mol. The Bertz CT molecular complexity index is 1050. The fraction of sp³-hybridized carbons (Fsp3) is 0.357. The van der Waals surface area contributed by atoms with Gasteiger partial charge in [0.1, 0.15) is 5.82 Å². The monoisotopic (exact) mass is 445 g/mol. The zero-order valence-corrected chi connectivity index (χ0v) is 19.3. The second-order valence-electron chi connectivity index (χ2n) is 9.09. The van der Waals surface area contributed by atoms with Gasteiger partial charge in [-0.05, 0) is 79.2 Å². The average Bonchev–Trinajstić information content (AvgIpc) is 2.82. The SMILES string of the molecule is Cc1ccccc1CN1CCC(CN(Cc2cccnc2)C(=O)Cc2cccc(F)c2)CC1.